The first-order chi connectivity index (χ1) is 13.0. The Morgan fingerprint density at radius 1 is 1.15 bits per heavy atom. The van der Waals surface area contributed by atoms with Crippen LogP contribution in [-0.2, 0) is 4.79 Å². The zero-order valence-corrected chi connectivity index (χ0v) is 15.2. The molecular formula is C18H16FN5O2S. The molecule has 1 heterocycles. The lowest BCUT2D eigenvalue weighted by atomic mass is 10.1. The van der Waals surface area contributed by atoms with Crippen molar-refractivity contribution < 1.29 is 14.0 Å². The number of rotatable bonds is 6. The van der Waals surface area contributed by atoms with Crippen LogP contribution in [0.25, 0.3) is 11.4 Å². The summed E-state index contributed by atoms with van der Waals surface area (Å²) < 4.78 is 15.0. The Morgan fingerprint density at radius 3 is 2.59 bits per heavy atom. The molecule has 0 bridgehead atoms. The number of nitrogens with two attached hydrogens (primary N) is 1. The first-order valence-electron chi connectivity index (χ1n) is 7.95. The molecule has 0 radical (unpaired) electrons. The summed E-state index contributed by atoms with van der Waals surface area (Å²) in [7, 11) is 0. The molecule has 0 aliphatic rings. The smallest absolute Gasteiger partial charge is 0.234 e. The Balaban J connectivity index is 1.69. The molecule has 0 unspecified atom stereocenters. The van der Waals surface area contributed by atoms with E-state index in [-0.39, 0.29) is 34.0 Å². The summed E-state index contributed by atoms with van der Waals surface area (Å²) in [5, 5.41) is 10.8. The SMILES string of the molecule is CC(=O)c1ccccc1NC(=O)CSc1nnc(-c2ccccc2F)n1N. The predicted molar refractivity (Wildman–Crippen MR) is 101 cm³/mol. The number of Topliss-reactive ketones (excluding diaryl/α,β-unsaturated/α-hetero) is 1. The number of para-hydroxylation sites is 1. The number of ketones is 1. The molecule has 0 aliphatic carbocycles. The molecule has 7 nitrogen and oxygen atoms in total. The third-order valence-electron chi connectivity index (χ3n) is 3.69. The first kappa shape index (κ1) is 18.6. The molecule has 2 aromatic carbocycles. The fourth-order valence-electron chi connectivity index (χ4n) is 2.42. The maximum atomic E-state index is 13.9. The van der Waals surface area contributed by atoms with Gasteiger partial charge in [-0.3, -0.25) is 9.59 Å². The number of carbonyl (C=O) groups is 2. The van der Waals surface area contributed by atoms with E-state index in [0.717, 1.165) is 16.4 Å². The van der Waals surface area contributed by atoms with Gasteiger partial charge in [0.25, 0.3) is 0 Å². The number of aromatic nitrogens is 3. The number of amides is 1. The van der Waals surface area contributed by atoms with Crippen LogP contribution in [0.1, 0.15) is 17.3 Å². The van der Waals surface area contributed by atoms with E-state index in [1.54, 1.807) is 42.5 Å². The van der Waals surface area contributed by atoms with Crippen LogP contribution < -0.4 is 11.2 Å². The third kappa shape index (κ3) is 4.14. The largest absolute Gasteiger partial charge is 0.335 e. The number of hydrogen-bond donors (Lipinski definition) is 2. The van der Waals surface area contributed by atoms with Gasteiger partial charge < -0.3 is 11.2 Å². The number of anilines is 1. The van der Waals surface area contributed by atoms with Gasteiger partial charge in [-0.2, -0.15) is 0 Å². The highest BCUT2D eigenvalue weighted by Gasteiger charge is 2.17. The van der Waals surface area contributed by atoms with Crippen LogP contribution >= 0.6 is 11.8 Å². The van der Waals surface area contributed by atoms with Crippen molar-refractivity contribution in [2.24, 2.45) is 0 Å². The summed E-state index contributed by atoms with van der Waals surface area (Å²) in [6.45, 7) is 1.43. The van der Waals surface area contributed by atoms with Gasteiger partial charge in [0.05, 0.1) is 17.0 Å². The summed E-state index contributed by atoms with van der Waals surface area (Å²) in [5.41, 5.74) is 1.09. The van der Waals surface area contributed by atoms with Crippen molar-refractivity contribution in [2.45, 2.75) is 12.1 Å². The van der Waals surface area contributed by atoms with Crippen LogP contribution in [0.3, 0.4) is 0 Å². The maximum Gasteiger partial charge on any atom is 0.234 e. The first-order valence-corrected chi connectivity index (χ1v) is 8.94. The molecule has 1 aromatic heterocycles. The van der Waals surface area contributed by atoms with Gasteiger partial charge in [0.15, 0.2) is 11.6 Å². The molecule has 0 aliphatic heterocycles. The van der Waals surface area contributed by atoms with Crippen LogP contribution in [0.4, 0.5) is 10.1 Å². The molecule has 0 spiro atoms. The molecule has 3 N–H and O–H groups in total. The summed E-state index contributed by atoms with van der Waals surface area (Å²) in [6, 6.07) is 12.8. The number of halogens is 1. The molecule has 0 atom stereocenters. The van der Waals surface area contributed by atoms with Gasteiger partial charge in [-0.15, -0.1) is 10.2 Å². The van der Waals surface area contributed by atoms with Crippen molar-refractivity contribution in [1.29, 1.82) is 0 Å². The van der Waals surface area contributed by atoms with Gasteiger partial charge >= 0.3 is 0 Å². The van der Waals surface area contributed by atoms with E-state index in [0.29, 0.717) is 11.3 Å². The van der Waals surface area contributed by atoms with Crippen molar-refractivity contribution in [1.82, 2.24) is 14.9 Å². The fraction of sp³-hybridized carbons (Fsp3) is 0.111. The van der Waals surface area contributed by atoms with Crippen LogP contribution in [-0.4, -0.2) is 32.3 Å². The summed E-state index contributed by atoms with van der Waals surface area (Å²) >= 11 is 1.05. The average molecular weight is 385 g/mol. The number of nitrogens with zero attached hydrogens (tertiary/aromatic N) is 3. The summed E-state index contributed by atoms with van der Waals surface area (Å²) in [5.74, 6) is 5.16. The number of nitrogens with one attached hydrogen (secondary N) is 1. The Kier molecular flexibility index (Phi) is 5.51. The quantitative estimate of drug-likeness (QED) is 0.384. The van der Waals surface area contributed by atoms with Crippen molar-refractivity contribution in [2.75, 3.05) is 16.9 Å². The monoisotopic (exact) mass is 385 g/mol. The van der Waals surface area contributed by atoms with Crippen molar-refractivity contribution in [3.8, 4) is 11.4 Å². The zero-order valence-electron chi connectivity index (χ0n) is 14.3. The second kappa shape index (κ2) is 8.00. The molecule has 3 aromatic rings. The Morgan fingerprint density at radius 2 is 1.85 bits per heavy atom. The van der Waals surface area contributed by atoms with E-state index in [1.165, 1.54) is 13.0 Å². The minimum atomic E-state index is -0.466. The lowest BCUT2D eigenvalue weighted by molar-refractivity contribution is -0.113. The Bertz CT molecular complexity index is 1000. The minimum Gasteiger partial charge on any atom is -0.335 e. The fourth-order valence-corrected chi connectivity index (χ4v) is 3.07. The molecular weight excluding hydrogens is 369 g/mol. The lowest BCUT2D eigenvalue weighted by Gasteiger charge is -2.08. The lowest BCUT2D eigenvalue weighted by Crippen LogP contribution is -2.17. The molecule has 9 heteroatoms. The minimum absolute atomic E-state index is 0.00115. The summed E-state index contributed by atoms with van der Waals surface area (Å²) in [4.78, 5) is 23.8. The van der Waals surface area contributed by atoms with E-state index in [4.69, 9.17) is 5.84 Å². The zero-order chi connectivity index (χ0) is 19.4. The molecule has 0 saturated heterocycles. The van der Waals surface area contributed by atoms with E-state index < -0.39 is 5.82 Å². The average Bonchev–Trinajstić information content (AvgIpc) is 3.01. The van der Waals surface area contributed by atoms with E-state index >= 15 is 0 Å². The molecule has 1 amide bonds. The highest BCUT2D eigenvalue weighted by atomic mass is 32.2. The van der Waals surface area contributed by atoms with Crippen molar-refractivity contribution in [3.05, 3.63) is 59.9 Å². The van der Waals surface area contributed by atoms with Crippen molar-refractivity contribution in [3.63, 3.8) is 0 Å². The van der Waals surface area contributed by atoms with Crippen molar-refractivity contribution >= 4 is 29.1 Å². The molecule has 0 saturated carbocycles. The van der Waals surface area contributed by atoms with Gasteiger partial charge in [-0.05, 0) is 31.2 Å². The van der Waals surface area contributed by atoms with E-state index in [1.807, 2.05) is 0 Å². The van der Waals surface area contributed by atoms with Crippen LogP contribution in [0.2, 0.25) is 0 Å². The molecule has 3 rings (SSSR count). The number of nitrogen functional groups attached to an aromatic ring is 1. The molecule has 138 valence electrons. The maximum absolute atomic E-state index is 13.9. The normalized spacial score (nSPS) is 10.6. The topological polar surface area (TPSA) is 103 Å². The van der Waals surface area contributed by atoms with E-state index in [2.05, 4.69) is 15.5 Å². The standard InChI is InChI=1S/C18H16FN5O2S/c1-11(25)12-6-3-5-9-15(12)21-16(26)10-27-18-23-22-17(24(18)20)13-7-2-4-8-14(13)19/h2-9H,10,20H2,1H3,(H,21,26). The van der Waals surface area contributed by atoms with Crippen LogP contribution in [0.5, 0.6) is 0 Å². The van der Waals surface area contributed by atoms with Crippen LogP contribution in [0.15, 0.2) is 53.7 Å². The van der Waals surface area contributed by atoms with Gasteiger partial charge in [-0.1, -0.05) is 36.0 Å². The highest BCUT2D eigenvalue weighted by Crippen LogP contribution is 2.24. The van der Waals surface area contributed by atoms with Gasteiger partial charge in [0, 0.05) is 5.56 Å². The van der Waals surface area contributed by atoms with Gasteiger partial charge in [0.2, 0.25) is 11.1 Å². The number of carbonyl (C=O) groups excluding carboxylic acids is 2. The van der Waals surface area contributed by atoms with Crippen LogP contribution in [0, 0.1) is 5.82 Å². The number of thioether (sulfide) groups is 1. The summed E-state index contributed by atoms with van der Waals surface area (Å²) in [6.07, 6.45) is 0. The van der Waals surface area contributed by atoms with Gasteiger partial charge in [-0.25, -0.2) is 9.07 Å². The second-order valence-electron chi connectivity index (χ2n) is 5.59. The number of benzene rings is 2. The molecule has 27 heavy (non-hydrogen) atoms. The van der Waals surface area contributed by atoms with Gasteiger partial charge in [0.1, 0.15) is 5.82 Å². The predicted octanol–water partition coefficient (Wildman–Crippen LogP) is 2.73. The number of hydrogen-bond acceptors (Lipinski definition) is 6. The van der Waals surface area contributed by atoms with E-state index in [9.17, 15) is 14.0 Å². The Hall–Kier alpha value is -3.20. The second-order valence-corrected chi connectivity index (χ2v) is 6.54. The Labute approximate surface area is 158 Å². The third-order valence-corrected chi connectivity index (χ3v) is 4.64. The molecule has 0 fully saturated rings. The highest BCUT2D eigenvalue weighted by molar-refractivity contribution is 7.99.